The summed E-state index contributed by atoms with van der Waals surface area (Å²) >= 11 is 0. The summed E-state index contributed by atoms with van der Waals surface area (Å²) in [5.74, 6) is -0.564. The lowest BCUT2D eigenvalue weighted by Gasteiger charge is -2.20. The number of carbonyl (C=O) groups excluding carboxylic acids is 1. The van der Waals surface area contributed by atoms with E-state index in [1.807, 2.05) is 31.2 Å². The van der Waals surface area contributed by atoms with Crippen LogP contribution in [0, 0.1) is 0 Å². The monoisotopic (exact) mass is 349 g/mol. The molecule has 0 saturated carbocycles. The Morgan fingerprint density at radius 1 is 1.24 bits per heavy atom. The van der Waals surface area contributed by atoms with Gasteiger partial charge in [0.15, 0.2) is 6.10 Å². The molecular weight excluding hydrogens is 322 g/mol. The van der Waals surface area contributed by atoms with Gasteiger partial charge in [-0.3, -0.25) is 4.79 Å². The van der Waals surface area contributed by atoms with Crippen LogP contribution in [-0.2, 0) is 19.7 Å². The molecule has 1 saturated heterocycles. The molecule has 1 aromatic carbocycles. The molecule has 0 bridgehead atoms. The third-order valence-corrected chi connectivity index (χ3v) is 4.20. The first-order valence-electron chi connectivity index (χ1n) is 8.59. The van der Waals surface area contributed by atoms with Gasteiger partial charge < -0.3 is 19.9 Å². The standard InChI is InChI=1S/C19H27NO5/c1-12(20-17(21)15-9-10-16(25-15)18(22)23)11-24-14-7-5-13(6-8-14)19(2,3)4/h5-8,12,15-16H,9-11H2,1-4H3,(H,20,21)(H,22,23)/t12?,15-,16+/m0/s1. The highest BCUT2D eigenvalue weighted by Crippen LogP contribution is 2.24. The Labute approximate surface area is 148 Å². The summed E-state index contributed by atoms with van der Waals surface area (Å²) in [6.45, 7) is 8.63. The van der Waals surface area contributed by atoms with Crippen LogP contribution in [-0.4, -0.2) is 41.8 Å². The van der Waals surface area contributed by atoms with Crippen LogP contribution in [0.15, 0.2) is 24.3 Å². The van der Waals surface area contributed by atoms with Crippen molar-refractivity contribution in [2.75, 3.05) is 6.61 Å². The van der Waals surface area contributed by atoms with Crippen LogP contribution in [0.4, 0.5) is 0 Å². The van der Waals surface area contributed by atoms with Crippen molar-refractivity contribution in [3.05, 3.63) is 29.8 Å². The van der Waals surface area contributed by atoms with Crippen molar-refractivity contribution < 1.29 is 24.2 Å². The summed E-state index contributed by atoms with van der Waals surface area (Å²) in [7, 11) is 0. The number of carboxylic acid groups (broad SMARTS) is 1. The minimum absolute atomic E-state index is 0.0922. The normalized spacial score (nSPS) is 21.6. The van der Waals surface area contributed by atoms with Crippen LogP contribution in [0.3, 0.4) is 0 Å². The lowest BCUT2D eigenvalue weighted by molar-refractivity contribution is -0.151. The fourth-order valence-corrected chi connectivity index (χ4v) is 2.66. The number of carbonyl (C=O) groups is 2. The smallest absolute Gasteiger partial charge is 0.332 e. The summed E-state index contributed by atoms with van der Waals surface area (Å²) in [5, 5.41) is 11.7. The van der Waals surface area contributed by atoms with Crippen molar-refractivity contribution in [3.8, 4) is 5.75 Å². The molecule has 1 unspecified atom stereocenters. The molecule has 25 heavy (non-hydrogen) atoms. The maximum absolute atomic E-state index is 12.1. The van der Waals surface area contributed by atoms with E-state index < -0.39 is 18.2 Å². The number of amides is 1. The molecule has 3 atom stereocenters. The number of ether oxygens (including phenoxy) is 2. The molecule has 138 valence electrons. The minimum Gasteiger partial charge on any atom is -0.491 e. The molecule has 1 aliphatic rings. The number of nitrogens with one attached hydrogen (secondary N) is 1. The summed E-state index contributed by atoms with van der Waals surface area (Å²) < 4.78 is 10.9. The highest BCUT2D eigenvalue weighted by Gasteiger charge is 2.35. The van der Waals surface area contributed by atoms with Gasteiger partial charge in [0.25, 0.3) is 0 Å². The lowest BCUT2D eigenvalue weighted by atomic mass is 9.87. The molecule has 1 heterocycles. The van der Waals surface area contributed by atoms with Crippen molar-refractivity contribution in [2.24, 2.45) is 0 Å². The van der Waals surface area contributed by atoms with Gasteiger partial charge >= 0.3 is 5.97 Å². The molecule has 1 aliphatic heterocycles. The molecule has 0 aromatic heterocycles. The summed E-state index contributed by atoms with van der Waals surface area (Å²) in [5.41, 5.74) is 1.32. The van der Waals surface area contributed by atoms with E-state index in [9.17, 15) is 9.59 Å². The van der Waals surface area contributed by atoms with Crippen LogP contribution in [0.1, 0.15) is 46.1 Å². The van der Waals surface area contributed by atoms with Gasteiger partial charge in [0.05, 0.1) is 6.04 Å². The Kier molecular flexibility index (Phi) is 6.06. The molecule has 0 radical (unpaired) electrons. The molecule has 0 spiro atoms. The molecule has 1 amide bonds. The second-order valence-corrected chi connectivity index (χ2v) is 7.52. The van der Waals surface area contributed by atoms with Crippen LogP contribution >= 0.6 is 0 Å². The van der Waals surface area contributed by atoms with E-state index in [4.69, 9.17) is 14.6 Å². The summed E-state index contributed by atoms with van der Waals surface area (Å²) in [6.07, 6.45) is -0.804. The van der Waals surface area contributed by atoms with Gasteiger partial charge in [0.1, 0.15) is 18.5 Å². The van der Waals surface area contributed by atoms with E-state index >= 15 is 0 Å². The maximum atomic E-state index is 12.1. The fourth-order valence-electron chi connectivity index (χ4n) is 2.66. The Bertz CT molecular complexity index is 605. The first-order valence-corrected chi connectivity index (χ1v) is 8.59. The second kappa shape index (κ2) is 7.87. The van der Waals surface area contributed by atoms with Gasteiger partial charge in [-0.15, -0.1) is 0 Å². The molecule has 1 aromatic rings. The first-order chi connectivity index (χ1) is 11.7. The van der Waals surface area contributed by atoms with E-state index in [1.54, 1.807) is 0 Å². The third kappa shape index (κ3) is 5.46. The highest BCUT2D eigenvalue weighted by atomic mass is 16.5. The van der Waals surface area contributed by atoms with Crippen molar-refractivity contribution in [3.63, 3.8) is 0 Å². The average molecular weight is 349 g/mol. The Hall–Kier alpha value is -2.08. The average Bonchev–Trinajstić information content (AvgIpc) is 3.03. The largest absolute Gasteiger partial charge is 0.491 e. The molecule has 2 rings (SSSR count). The maximum Gasteiger partial charge on any atom is 0.332 e. The lowest BCUT2D eigenvalue weighted by Crippen LogP contribution is -2.43. The highest BCUT2D eigenvalue weighted by molar-refractivity contribution is 5.82. The molecule has 6 heteroatoms. The van der Waals surface area contributed by atoms with Gasteiger partial charge in [0.2, 0.25) is 5.91 Å². The van der Waals surface area contributed by atoms with Crippen LogP contribution in [0.2, 0.25) is 0 Å². The topological polar surface area (TPSA) is 84.9 Å². The Balaban J connectivity index is 1.78. The zero-order valence-corrected chi connectivity index (χ0v) is 15.2. The molecule has 0 aliphatic carbocycles. The zero-order chi connectivity index (χ0) is 18.6. The molecule has 2 N–H and O–H groups in total. The van der Waals surface area contributed by atoms with Gasteiger partial charge in [-0.25, -0.2) is 4.79 Å². The van der Waals surface area contributed by atoms with Crippen LogP contribution < -0.4 is 10.1 Å². The quantitative estimate of drug-likeness (QED) is 0.824. The van der Waals surface area contributed by atoms with Gasteiger partial charge in [-0.2, -0.15) is 0 Å². The van der Waals surface area contributed by atoms with Crippen LogP contribution in [0.25, 0.3) is 0 Å². The number of rotatable bonds is 6. The van der Waals surface area contributed by atoms with Gasteiger partial charge in [0, 0.05) is 0 Å². The molecular formula is C19H27NO5. The SMILES string of the molecule is CC(COc1ccc(C(C)(C)C)cc1)NC(=O)[C@@H]1CC[C@H](C(=O)O)O1. The molecule has 1 fully saturated rings. The van der Waals surface area contributed by atoms with Crippen molar-refractivity contribution >= 4 is 11.9 Å². The predicted molar refractivity (Wildman–Crippen MR) is 93.8 cm³/mol. The molecule has 6 nitrogen and oxygen atoms in total. The summed E-state index contributed by atoms with van der Waals surface area (Å²) in [6, 6.07) is 7.72. The van der Waals surface area contributed by atoms with Crippen LogP contribution in [0.5, 0.6) is 5.75 Å². The second-order valence-electron chi connectivity index (χ2n) is 7.52. The van der Waals surface area contributed by atoms with Gasteiger partial charge in [-0.1, -0.05) is 32.9 Å². The van der Waals surface area contributed by atoms with E-state index in [1.165, 1.54) is 5.56 Å². The van der Waals surface area contributed by atoms with Gasteiger partial charge in [-0.05, 0) is 42.9 Å². The van der Waals surface area contributed by atoms with E-state index in [0.717, 1.165) is 5.75 Å². The third-order valence-electron chi connectivity index (χ3n) is 4.20. The number of benzene rings is 1. The van der Waals surface area contributed by atoms with E-state index in [-0.39, 0.29) is 17.4 Å². The van der Waals surface area contributed by atoms with Crippen molar-refractivity contribution in [2.45, 2.75) is 64.2 Å². The van der Waals surface area contributed by atoms with Crippen molar-refractivity contribution in [1.29, 1.82) is 0 Å². The predicted octanol–water partition coefficient (Wildman–Crippen LogP) is 2.50. The van der Waals surface area contributed by atoms with E-state index in [0.29, 0.717) is 19.4 Å². The number of aliphatic carboxylic acids is 1. The number of hydrogen-bond donors (Lipinski definition) is 2. The Morgan fingerprint density at radius 2 is 1.84 bits per heavy atom. The zero-order valence-electron chi connectivity index (χ0n) is 15.2. The van der Waals surface area contributed by atoms with Crippen molar-refractivity contribution in [1.82, 2.24) is 5.32 Å². The number of carboxylic acids is 1. The first kappa shape index (κ1) is 19.2. The minimum atomic E-state index is -1.02. The Morgan fingerprint density at radius 3 is 2.36 bits per heavy atom. The summed E-state index contributed by atoms with van der Waals surface area (Å²) in [4.78, 5) is 23.0. The fraction of sp³-hybridized carbons (Fsp3) is 0.579. The number of hydrogen-bond acceptors (Lipinski definition) is 4. The van der Waals surface area contributed by atoms with E-state index in [2.05, 4.69) is 26.1 Å².